The molecule has 1 rings (SSSR count). The molecule has 2 atom stereocenters. The van der Waals surface area contributed by atoms with E-state index in [1.54, 1.807) is 0 Å². The van der Waals surface area contributed by atoms with Crippen LogP contribution in [-0.4, -0.2) is 6.54 Å². The van der Waals surface area contributed by atoms with E-state index in [9.17, 15) is 0 Å². The van der Waals surface area contributed by atoms with E-state index in [1.807, 2.05) is 0 Å². The highest BCUT2D eigenvalue weighted by molar-refractivity contribution is 4.90. The van der Waals surface area contributed by atoms with Crippen molar-refractivity contribution in [3.05, 3.63) is 0 Å². The van der Waals surface area contributed by atoms with E-state index in [1.165, 1.54) is 32.1 Å². The SMILES string of the molecule is CCC1CCC(CN)(CC(C)C)C1. The molecular formula is C12H25N. The van der Waals surface area contributed by atoms with Crippen LogP contribution in [0.4, 0.5) is 0 Å². The van der Waals surface area contributed by atoms with Gasteiger partial charge in [-0.3, -0.25) is 0 Å². The van der Waals surface area contributed by atoms with Crippen LogP contribution < -0.4 is 5.73 Å². The summed E-state index contributed by atoms with van der Waals surface area (Å²) in [5, 5.41) is 0. The van der Waals surface area contributed by atoms with Gasteiger partial charge in [-0.25, -0.2) is 0 Å². The average Bonchev–Trinajstić information content (AvgIpc) is 2.48. The first kappa shape index (κ1) is 11.0. The lowest BCUT2D eigenvalue weighted by atomic mass is 9.78. The topological polar surface area (TPSA) is 26.0 Å². The van der Waals surface area contributed by atoms with E-state index in [2.05, 4.69) is 20.8 Å². The van der Waals surface area contributed by atoms with E-state index >= 15 is 0 Å². The van der Waals surface area contributed by atoms with Crippen LogP contribution in [0.3, 0.4) is 0 Å². The smallest absolute Gasteiger partial charge is 0.00203 e. The third-order valence-corrected chi connectivity index (χ3v) is 3.66. The molecule has 0 radical (unpaired) electrons. The van der Waals surface area contributed by atoms with Gasteiger partial charge < -0.3 is 5.73 Å². The molecule has 78 valence electrons. The van der Waals surface area contributed by atoms with Crippen LogP contribution in [-0.2, 0) is 0 Å². The summed E-state index contributed by atoms with van der Waals surface area (Å²) in [5.41, 5.74) is 6.44. The predicted octanol–water partition coefficient (Wildman–Crippen LogP) is 3.19. The zero-order valence-electron chi connectivity index (χ0n) is 9.47. The number of rotatable bonds is 4. The van der Waals surface area contributed by atoms with Gasteiger partial charge in [-0.15, -0.1) is 0 Å². The third kappa shape index (κ3) is 2.70. The molecule has 1 nitrogen and oxygen atoms in total. The van der Waals surface area contributed by atoms with Crippen LogP contribution in [0.25, 0.3) is 0 Å². The minimum atomic E-state index is 0.509. The van der Waals surface area contributed by atoms with E-state index in [0.717, 1.165) is 18.4 Å². The van der Waals surface area contributed by atoms with Gasteiger partial charge in [0, 0.05) is 0 Å². The molecule has 13 heavy (non-hydrogen) atoms. The summed E-state index contributed by atoms with van der Waals surface area (Å²) in [4.78, 5) is 0. The lowest BCUT2D eigenvalue weighted by molar-refractivity contribution is 0.234. The molecule has 1 aliphatic carbocycles. The third-order valence-electron chi connectivity index (χ3n) is 3.66. The molecule has 0 aromatic carbocycles. The fourth-order valence-electron chi connectivity index (χ4n) is 3.00. The summed E-state index contributed by atoms with van der Waals surface area (Å²) < 4.78 is 0. The maximum atomic E-state index is 5.93. The van der Waals surface area contributed by atoms with Gasteiger partial charge in [0.25, 0.3) is 0 Å². The highest BCUT2D eigenvalue weighted by atomic mass is 14.6. The molecule has 1 aliphatic rings. The Kier molecular flexibility index (Phi) is 3.78. The predicted molar refractivity (Wildman–Crippen MR) is 58.6 cm³/mol. The monoisotopic (exact) mass is 183 g/mol. The lowest BCUT2D eigenvalue weighted by Crippen LogP contribution is -2.29. The van der Waals surface area contributed by atoms with Gasteiger partial charge in [0.2, 0.25) is 0 Å². The van der Waals surface area contributed by atoms with Gasteiger partial charge in [0.1, 0.15) is 0 Å². The summed E-state index contributed by atoms with van der Waals surface area (Å²) in [5.74, 6) is 1.77. The van der Waals surface area contributed by atoms with Crippen molar-refractivity contribution in [3.8, 4) is 0 Å². The zero-order valence-corrected chi connectivity index (χ0v) is 9.47. The Hall–Kier alpha value is -0.0400. The first-order valence-electron chi connectivity index (χ1n) is 5.82. The van der Waals surface area contributed by atoms with Crippen molar-refractivity contribution in [2.75, 3.05) is 6.54 Å². The van der Waals surface area contributed by atoms with Gasteiger partial charge >= 0.3 is 0 Å². The summed E-state index contributed by atoms with van der Waals surface area (Å²) >= 11 is 0. The van der Waals surface area contributed by atoms with Crippen LogP contribution >= 0.6 is 0 Å². The normalized spacial score (nSPS) is 34.4. The van der Waals surface area contributed by atoms with Crippen molar-refractivity contribution < 1.29 is 0 Å². The molecule has 0 aliphatic heterocycles. The molecule has 2 unspecified atom stereocenters. The van der Waals surface area contributed by atoms with Gasteiger partial charge in [-0.1, -0.05) is 27.2 Å². The Morgan fingerprint density at radius 1 is 1.46 bits per heavy atom. The van der Waals surface area contributed by atoms with Crippen molar-refractivity contribution in [1.82, 2.24) is 0 Å². The fourth-order valence-corrected chi connectivity index (χ4v) is 3.00. The molecule has 0 aromatic heterocycles. The molecule has 1 heteroatoms. The molecule has 0 aromatic rings. The number of nitrogens with two attached hydrogens (primary N) is 1. The van der Waals surface area contributed by atoms with E-state index in [0.29, 0.717) is 5.41 Å². The van der Waals surface area contributed by atoms with Crippen molar-refractivity contribution >= 4 is 0 Å². The van der Waals surface area contributed by atoms with Crippen LogP contribution in [0, 0.1) is 17.3 Å². The summed E-state index contributed by atoms with van der Waals surface area (Å²) in [6.45, 7) is 7.85. The second kappa shape index (κ2) is 4.45. The van der Waals surface area contributed by atoms with Gasteiger partial charge in [0.15, 0.2) is 0 Å². The fraction of sp³-hybridized carbons (Fsp3) is 1.00. The van der Waals surface area contributed by atoms with Gasteiger partial charge in [-0.2, -0.15) is 0 Å². The van der Waals surface area contributed by atoms with E-state index < -0.39 is 0 Å². The van der Waals surface area contributed by atoms with Crippen LogP contribution in [0.5, 0.6) is 0 Å². The Balaban J connectivity index is 2.52. The molecular weight excluding hydrogens is 158 g/mol. The molecule has 0 bridgehead atoms. The Bertz CT molecular complexity index is 153. The van der Waals surface area contributed by atoms with Crippen molar-refractivity contribution in [1.29, 1.82) is 0 Å². The maximum absolute atomic E-state index is 5.93. The second-order valence-corrected chi connectivity index (χ2v) is 5.32. The summed E-state index contributed by atoms with van der Waals surface area (Å²) in [7, 11) is 0. The van der Waals surface area contributed by atoms with Crippen LogP contribution in [0.2, 0.25) is 0 Å². The lowest BCUT2D eigenvalue weighted by Gasteiger charge is -2.29. The Morgan fingerprint density at radius 3 is 2.54 bits per heavy atom. The van der Waals surface area contributed by atoms with Crippen molar-refractivity contribution in [2.24, 2.45) is 23.0 Å². The minimum absolute atomic E-state index is 0.509. The molecule has 0 amide bonds. The second-order valence-electron chi connectivity index (χ2n) is 5.32. The quantitative estimate of drug-likeness (QED) is 0.711. The molecule has 0 spiro atoms. The van der Waals surface area contributed by atoms with Gasteiger partial charge in [-0.05, 0) is 49.5 Å². The molecule has 0 saturated heterocycles. The van der Waals surface area contributed by atoms with Crippen LogP contribution in [0.15, 0.2) is 0 Å². The van der Waals surface area contributed by atoms with Crippen molar-refractivity contribution in [3.63, 3.8) is 0 Å². The summed E-state index contributed by atoms with van der Waals surface area (Å²) in [6.07, 6.45) is 6.86. The van der Waals surface area contributed by atoms with E-state index in [-0.39, 0.29) is 0 Å². The standard InChI is InChI=1S/C12H25N/c1-4-11-5-6-12(8-11,9-13)7-10(2)3/h10-11H,4-9,13H2,1-3H3. The number of hydrogen-bond donors (Lipinski definition) is 1. The first-order valence-corrected chi connectivity index (χ1v) is 5.82. The zero-order chi connectivity index (χ0) is 9.90. The summed E-state index contributed by atoms with van der Waals surface area (Å²) in [6, 6.07) is 0. The molecule has 0 heterocycles. The van der Waals surface area contributed by atoms with E-state index in [4.69, 9.17) is 5.73 Å². The molecule has 1 fully saturated rings. The van der Waals surface area contributed by atoms with Crippen LogP contribution in [0.1, 0.15) is 52.9 Å². The minimum Gasteiger partial charge on any atom is -0.330 e. The largest absolute Gasteiger partial charge is 0.330 e. The maximum Gasteiger partial charge on any atom is -0.00203 e. The Labute approximate surface area is 83.1 Å². The first-order chi connectivity index (χ1) is 6.12. The molecule has 1 saturated carbocycles. The Morgan fingerprint density at radius 2 is 2.15 bits per heavy atom. The average molecular weight is 183 g/mol. The van der Waals surface area contributed by atoms with Gasteiger partial charge in [0.05, 0.1) is 0 Å². The molecule has 2 N–H and O–H groups in total. The number of hydrogen-bond acceptors (Lipinski definition) is 1. The highest BCUT2D eigenvalue weighted by Gasteiger charge is 2.37. The van der Waals surface area contributed by atoms with Crippen molar-refractivity contribution in [2.45, 2.75) is 52.9 Å². The highest BCUT2D eigenvalue weighted by Crippen LogP contribution is 2.46.